The van der Waals surface area contributed by atoms with Crippen LogP contribution in [0.3, 0.4) is 0 Å². The van der Waals surface area contributed by atoms with E-state index in [-0.39, 0.29) is 6.10 Å². The van der Waals surface area contributed by atoms with Crippen molar-refractivity contribution >= 4 is 0 Å². The Balaban J connectivity index is 0.000000258. The summed E-state index contributed by atoms with van der Waals surface area (Å²) in [6.07, 6.45) is -0.324. The SMILES string of the molecule is COCC(C)O.c1ccc(Oc2ccccc2)cc1. The third kappa shape index (κ3) is 7.24. The fourth-order valence-corrected chi connectivity index (χ4v) is 1.35. The molecule has 0 bridgehead atoms. The molecule has 1 unspecified atom stereocenters. The summed E-state index contributed by atoms with van der Waals surface area (Å²) < 4.78 is 10.1. The van der Waals surface area contributed by atoms with Gasteiger partial charge >= 0.3 is 0 Å². The highest BCUT2D eigenvalue weighted by Crippen LogP contribution is 2.19. The number of rotatable bonds is 4. The third-order valence-corrected chi connectivity index (χ3v) is 2.13. The predicted octanol–water partition coefficient (Wildman–Crippen LogP) is 3.49. The molecule has 2 aromatic carbocycles. The van der Waals surface area contributed by atoms with Crippen LogP contribution in [-0.2, 0) is 4.74 Å². The normalized spacial score (nSPS) is 11.1. The van der Waals surface area contributed by atoms with Crippen molar-refractivity contribution in [3.05, 3.63) is 60.7 Å². The first-order valence-corrected chi connectivity index (χ1v) is 6.17. The lowest BCUT2D eigenvalue weighted by atomic mass is 10.3. The lowest BCUT2D eigenvalue weighted by Gasteiger charge is -2.03. The van der Waals surface area contributed by atoms with Gasteiger partial charge in [-0.25, -0.2) is 0 Å². The minimum Gasteiger partial charge on any atom is -0.457 e. The summed E-state index contributed by atoms with van der Waals surface area (Å²) >= 11 is 0. The van der Waals surface area contributed by atoms with Gasteiger partial charge in [0.2, 0.25) is 0 Å². The van der Waals surface area contributed by atoms with Gasteiger partial charge in [-0.05, 0) is 31.2 Å². The van der Waals surface area contributed by atoms with Crippen molar-refractivity contribution in [2.45, 2.75) is 13.0 Å². The summed E-state index contributed by atoms with van der Waals surface area (Å²) in [5.41, 5.74) is 0. The van der Waals surface area contributed by atoms with E-state index < -0.39 is 0 Å². The maximum Gasteiger partial charge on any atom is 0.127 e. The Labute approximate surface area is 114 Å². The molecule has 0 aliphatic heterocycles. The van der Waals surface area contributed by atoms with E-state index in [1.165, 1.54) is 0 Å². The highest BCUT2D eigenvalue weighted by Gasteiger charge is 1.92. The maximum atomic E-state index is 8.43. The summed E-state index contributed by atoms with van der Waals surface area (Å²) in [6.45, 7) is 2.11. The van der Waals surface area contributed by atoms with Crippen molar-refractivity contribution in [2.75, 3.05) is 13.7 Å². The highest BCUT2D eigenvalue weighted by molar-refractivity contribution is 5.30. The van der Waals surface area contributed by atoms with E-state index in [9.17, 15) is 0 Å². The van der Waals surface area contributed by atoms with Gasteiger partial charge in [0, 0.05) is 7.11 Å². The predicted molar refractivity (Wildman–Crippen MR) is 76.5 cm³/mol. The quantitative estimate of drug-likeness (QED) is 0.914. The van der Waals surface area contributed by atoms with Gasteiger partial charge in [0.1, 0.15) is 11.5 Å². The molecule has 2 rings (SSSR count). The van der Waals surface area contributed by atoms with Gasteiger partial charge in [-0.3, -0.25) is 0 Å². The Morgan fingerprint density at radius 1 is 0.895 bits per heavy atom. The van der Waals surface area contributed by atoms with Crippen LogP contribution in [0.1, 0.15) is 6.92 Å². The molecule has 0 spiro atoms. The van der Waals surface area contributed by atoms with Crippen LogP contribution in [0.5, 0.6) is 11.5 Å². The van der Waals surface area contributed by atoms with Crippen LogP contribution in [0.2, 0.25) is 0 Å². The Morgan fingerprint density at radius 3 is 1.58 bits per heavy atom. The molecule has 1 N–H and O–H groups in total. The van der Waals surface area contributed by atoms with Gasteiger partial charge in [-0.15, -0.1) is 0 Å². The lowest BCUT2D eigenvalue weighted by Crippen LogP contribution is -2.07. The second-order valence-corrected chi connectivity index (χ2v) is 4.03. The van der Waals surface area contributed by atoms with Crippen LogP contribution in [0.15, 0.2) is 60.7 Å². The van der Waals surface area contributed by atoms with Gasteiger partial charge < -0.3 is 14.6 Å². The number of aliphatic hydroxyl groups is 1. The first kappa shape index (κ1) is 15.2. The molecule has 0 heterocycles. The number of hydrogen-bond acceptors (Lipinski definition) is 3. The van der Waals surface area contributed by atoms with E-state index >= 15 is 0 Å². The van der Waals surface area contributed by atoms with Gasteiger partial charge in [0.05, 0.1) is 12.7 Å². The molecule has 0 aromatic heterocycles. The van der Waals surface area contributed by atoms with Crippen molar-refractivity contribution in [3.8, 4) is 11.5 Å². The van der Waals surface area contributed by atoms with Crippen LogP contribution in [-0.4, -0.2) is 24.9 Å². The zero-order valence-electron chi connectivity index (χ0n) is 11.3. The molecule has 0 aliphatic rings. The molecule has 3 heteroatoms. The molecule has 3 nitrogen and oxygen atoms in total. The average Bonchev–Trinajstić information content (AvgIpc) is 2.41. The molecule has 0 aliphatic carbocycles. The van der Waals surface area contributed by atoms with Crippen LogP contribution < -0.4 is 4.74 Å². The fourth-order valence-electron chi connectivity index (χ4n) is 1.35. The lowest BCUT2D eigenvalue weighted by molar-refractivity contribution is 0.0765. The molecule has 0 fully saturated rings. The number of ether oxygens (including phenoxy) is 2. The summed E-state index contributed by atoms with van der Waals surface area (Å²) in [5.74, 6) is 1.74. The molecule has 0 saturated heterocycles. The minimum absolute atomic E-state index is 0.324. The second kappa shape index (κ2) is 9.14. The molecule has 1 atom stereocenters. The Morgan fingerprint density at radius 2 is 1.32 bits per heavy atom. The van der Waals surface area contributed by atoms with Gasteiger partial charge in [0.25, 0.3) is 0 Å². The van der Waals surface area contributed by atoms with Crippen molar-refractivity contribution in [1.82, 2.24) is 0 Å². The van der Waals surface area contributed by atoms with E-state index in [0.29, 0.717) is 6.61 Å². The number of benzene rings is 2. The maximum absolute atomic E-state index is 8.43. The van der Waals surface area contributed by atoms with E-state index in [1.54, 1.807) is 14.0 Å². The van der Waals surface area contributed by atoms with Crippen LogP contribution in [0.4, 0.5) is 0 Å². The number of para-hydroxylation sites is 2. The van der Waals surface area contributed by atoms with Crippen molar-refractivity contribution < 1.29 is 14.6 Å². The molecule has 0 radical (unpaired) electrons. The number of hydrogen-bond donors (Lipinski definition) is 1. The van der Waals surface area contributed by atoms with Crippen LogP contribution >= 0.6 is 0 Å². The Kier molecular flexibility index (Phi) is 7.32. The molecule has 0 saturated carbocycles. The van der Waals surface area contributed by atoms with E-state index in [4.69, 9.17) is 9.84 Å². The first-order chi connectivity index (χ1) is 9.22. The smallest absolute Gasteiger partial charge is 0.127 e. The molecule has 2 aromatic rings. The van der Waals surface area contributed by atoms with Crippen molar-refractivity contribution in [3.63, 3.8) is 0 Å². The zero-order valence-corrected chi connectivity index (χ0v) is 11.3. The van der Waals surface area contributed by atoms with Crippen molar-refractivity contribution in [1.29, 1.82) is 0 Å². The van der Waals surface area contributed by atoms with E-state index in [2.05, 4.69) is 4.74 Å². The monoisotopic (exact) mass is 260 g/mol. The Bertz CT molecular complexity index is 389. The third-order valence-electron chi connectivity index (χ3n) is 2.13. The topological polar surface area (TPSA) is 38.7 Å². The fraction of sp³-hybridized carbons (Fsp3) is 0.250. The molecular formula is C16H20O3. The first-order valence-electron chi connectivity index (χ1n) is 6.17. The summed E-state index contributed by atoms with van der Waals surface area (Å²) in [4.78, 5) is 0. The summed E-state index contributed by atoms with van der Waals surface area (Å²) in [5, 5.41) is 8.43. The average molecular weight is 260 g/mol. The molecule has 0 amide bonds. The second-order valence-electron chi connectivity index (χ2n) is 4.03. The summed E-state index contributed by atoms with van der Waals surface area (Å²) in [6, 6.07) is 19.5. The highest BCUT2D eigenvalue weighted by atomic mass is 16.5. The van der Waals surface area contributed by atoms with E-state index in [0.717, 1.165) is 11.5 Å². The molecule has 102 valence electrons. The standard InChI is InChI=1S/C12H10O.C4H10O2/c1-3-7-11(8-4-1)13-12-9-5-2-6-10-12;1-4(5)3-6-2/h1-10H;4-5H,3H2,1-2H3. The number of aliphatic hydroxyl groups excluding tert-OH is 1. The van der Waals surface area contributed by atoms with Crippen LogP contribution in [0, 0.1) is 0 Å². The molecular weight excluding hydrogens is 240 g/mol. The van der Waals surface area contributed by atoms with E-state index in [1.807, 2.05) is 60.7 Å². The largest absolute Gasteiger partial charge is 0.457 e. The summed E-state index contributed by atoms with van der Waals surface area (Å²) in [7, 11) is 1.56. The van der Waals surface area contributed by atoms with Gasteiger partial charge in [0.15, 0.2) is 0 Å². The molecule has 19 heavy (non-hydrogen) atoms. The Hall–Kier alpha value is -1.84. The zero-order chi connectivity index (χ0) is 13.9. The van der Waals surface area contributed by atoms with Gasteiger partial charge in [-0.2, -0.15) is 0 Å². The minimum atomic E-state index is -0.324. The van der Waals surface area contributed by atoms with Crippen molar-refractivity contribution in [2.24, 2.45) is 0 Å². The van der Waals surface area contributed by atoms with Gasteiger partial charge in [-0.1, -0.05) is 36.4 Å². The number of methoxy groups -OCH3 is 1. The van der Waals surface area contributed by atoms with Crippen LogP contribution in [0.25, 0.3) is 0 Å².